The number of fused-ring (bicyclic) bond motifs is 1. The summed E-state index contributed by atoms with van der Waals surface area (Å²) in [6.45, 7) is 4.12. The first-order valence-electron chi connectivity index (χ1n) is 7.82. The third-order valence-corrected chi connectivity index (χ3v) is 5.41. The minimum atomic E-state index is -0.128. The van der Waals surface area contributed by atoms with Crippen LogP contribution in [0.25, 0.3) is 22.7 Å². The molecule has 4 nitrogen and oxygen atoms in total. The first kappa shape index (κ1) is 16.1. The van der Waals surface area contributed by atoms with E-state index in [1.54, 1.807) is 6.20 Å². The Morgan fingerprint density at radius 1 is 1.24 bits per heavy atom. The number of rotatable bonds is 2. The van der Waals surface area contributed by atoms with Gasteiger partial charge in [-0.05, 0) is 55.8 Å². The molecule has 4 rings (SSSR count). The first-order chi connectivity index (χ1) is 12.0. The molecule has 3 aromatic rings. The molecule has 0 radical (unpaired) electrons. The molecule has 0 atom stereocenters. The van der Waals surface area contributed by atoms with E-state index in [1.807, 2.05) is 18.2 Å². The molecular weight excluding hydrogens is 350 g/mol. The van der Waals surface area contributed by atoms with Crippen molar-refractivity contribution in [3.05, 3.63) is 64.5 Å². The molecule has 124 valence electrons. The number of thiocarbonyl (C=S) groups is 1. The Morgan fingerprint density at radius 2 is 2.08 bits per heavy atom. The molecule has 0 aliphatic carbocycles. The molecule has 1 aliphatic rings. The predicted octanol–water partition coefficient (Wildman–Crippen LogP) is 4.13. The van der Waals surface area contributed by atoms with Gasteiger partial charge in [0.05, 0.1) is 10.4 Å². The van der Waals surface area contributed by atoms with Gasteiger partial charge in [-0.15, -0.1) is 0 Å². The van der Waals surface area contributed by atoms with Crippen LogP contribution in [-0.4, -0.2) is 19.8 Å². The number of hydrogen-bond donors (Lipinski definition) is 1. The van der Waals surface area contributed by atoms with Gasteiger partial charge in [0.25, 0.3) is 5.91 Å². The van der Waals surface area contributed by atoms with E-state index < -0.39 is 0 Å². The summed E-state index contributed by atoms with van der Waals surface area (Å²) in [7, 11) is 0. The lowest BCUT2D eigenvalue weighted by Gasteiger charge is -2.10. The maximum absolute atomic E-state index is 11.9. The Morgan fingerprint density at radius 3 is 2.84 bits per heavy atom. The Hall–Kier alpha value is -2.44. The fourth-order valence-electron chi connectivity index (χ4n) is 3.10. The lowest BCUT2D eigenvalue weighted by Crippen LogP contribution is -2.17. The van der Waals surface area contributed by atoms with E-state index in [2.05, 4.69) is 53.0 Å². The molecule has 6 heteroatoms. The van der Waals surface area contributed by atoms with Crippen LogP contribution in [0.15, 0.2) is 47.5 Å². The van der Waals surface area contributed by atoms with Gasteiger partial charge in [0, 0.05) is 28.7 Å². The van der Waals surface area contributed by atoms with Crippen molar-refractivity contribution >= 4 is 51.2 Å². The van der Waals surface area contributed by atoms with Gasteiger partial charge in [-0.25, -0.2) is 0 Å². The minimum Gasteiger partial charge on any atom is -0.318 e. The molecule has 0 unspecified atom stereocenters. The summed E-state index contributed by atoms with van der Waals surface area (Å²) in [4.78, 5) is 16.9. The number of nitrogens with one attached hydrogen (secondary N) is 1. The highest BCUT2D eigenvalue weighted by molar-refractivity contribution is 8.26. The Bertz CT molecular complexity index is 1070. The van der Waals surface area contributed by atoms with Gasteiger partial charge in [0.1, 0.15) is 4.32 Å². The van der Waals surface area contributed by atoms with Crippen LogP contribution in [0.5, 0.6) is 0 Å². The zero-order valence-electron chi connectivity index (χ0n) is 13.7. The zero-order valence-corrected chi connectivity index (χ0v) is 15.4. The molecular formula is C19H15N3OS2. The van der Waals surface area contributed by atoms with Crippen LogP contribution in [-0.2, 0) is 4.79 Å². The lowest BCUT2D eigenvalue weighted by atomic mass is 10.2. The maximum Gasteiger partial charge on any atom is 0.263 e. The summed E-state index contributed by atoms with van der Waals surface area (Å²) in [5.41, 5.74) is 5.27. The van der Waals surface area contributed by atoms with Crippen molar-refractivity contribution in [1.82, 2.24) is 14.9 Å². The zero-order chi connectivity index (χ0) is 17.6. The highest BCUT2D eigenvalue weighted by atomic mass is 32.2. The van der Waals surface area contributed by atoms with Gasteiger partial charge in [0.2, 0.25) is 0 Å². The summed E-state index contributed by atoms with van der Waals surface area (Å²) in [6, 6.07) is 12.3. The number of amides is 1. The largest absolute Gasteiger partial charge is 0.318 e. The van der Waals surface area contributed by atoms with Crippen LogP contribution < -0.4 is 5.32 Å². The quantitative estimate of drug-likeness (QED) is 0.548. The summed E-state index contributed by atoms with van der Waals surface area (Å²) < 4.78 is 2.70. The van der Waals surface area contributed by atoms with E-state index in [4.69, 9.17) is 12.2 Å². The molecule has 1 saturated heterocycles. The second-order valence-corrected chi connectivity index (χ2v) is 7.61. The summed E-state index contributed by atoms with van der Waals surface area (Å²) in [5.74, 6) is -0.128. The summed E-state index contributed by atoms with van der Waals surface area (Å²) >= 11 is 6.36. The van der Waals surface area contributed by atoms with Gasteiger partial charge in [0.15, 0.2) is 0 Å². The molecule has 2 aromatic heterocycles. The highest BCUT2D eigenvalue weighted by Gasteiger charge is 2.23. The number of benzene rings is 1. The Balaban J connectivity index is 1.80. The fourth-order valence-corrected chi connectivity index (χ4v) is 4.13. The molecule has 1 aliphatic heterocycles. The second-order valence-electron chi connectivity index (χ2n) is 5.89. The molecule has 1 N–H and O–H groups in total. The summed E-state index contributed by atoms with van der Waals surface area (Å²) in [6.07, 6.45) is 3.70. The summed E-state index contributed by atoms with van der Waals surface area (Å²) in [5, 5.41) is 3.75. The molecule has 3 heterocycles. The third kappa shape index (κ3) is 2.88. The number of aryl methyl sites for hydroxylation is 1. The lowest BCUT2D eigenvalue weighted by molar-refractivity contribution is -0.115. The minimum absolute atomic E-state index is 0.128. The van der Waals surface area contributed by atoms with E-state index >= 15 is 0 Å². The van der Waals surface area contributed by atoms with Crippen molar-refractivity contribution < 1.29 is 4.79 Å². The van der Waals surface area contributed by atoms with Crippen molar-refractivity contribution in [2.24, 2.45) is 0 Å². The molecule has 1 amide bonds. The number of aromatic nitrogens is 2. The number of carbonyl (C=O) groups excluding carboxylic acids is 1. The molecule has 0 spiro atoms. The number of carbonyl (C=O) groups is 1. The SMILES string of the molecule is Cc1cc(/C=C2/SC(=S)NC2=O)c(C)n1-c1ccc2ncccc2c1. The molecule has 0 bridgehead atoms. The van der Waals surface area contributed by atoms with E-state index in [-0.39, 0.29) is 5.91 Å². The van der Waals surface area contributed by atoms with Crippen LogP contribution in [0.4, 0.5) is 0 Å². The predicted molar refractivity (Wildman–Crippen MR) is 107 cm³/mol. The van der Waals surface area contributed by atoms with Crippen LogP contribution >= 0.6 is 24.0 Å². The Kier molecular flexibility index (Phi) is 3.94. The average molecular weight is 365 g/mol. The van der Waals surface area contributed by atoms with Gasteiger partial charge in [-0.1, -0.05) is 30.0 Å². The fraction of sp³-hybridized carbons (Fsp3) is 0.105. The van der Waals surface area contributed by atoms with Crippen LogP contribution in [0.3, 0.4) is 0 Å². The van der Waals surface area contributed by atoms with E-state index in [0.29, 0.717) is 9.23 Å². The van der Waals surface area contributed by atoms with Crippen molar-refractivity contribution in [3.8, 4) is 5.69 Å². The Labute approximate surface area is 154 Å². The standard InChI is InChI=1S/C19H15N3OS2/c1-11-8-14(10-17-18(23)21-19(24)25-17)12(2)22(11)15-5-6-16-13(9-15)4-3-7-20-16/h3-10H,1-2H3,(H,21,23,24)/b17-10+. The second kappa shape index (κ2) is 6.13. The van der Waals surface area contributed by atoms with Gasteiger partial charge in [-0.2, -0.15) is 0 Å². The van der Waals surface area contributed by atoms with Crippen molar-refractivity contribution in [2.75, 3.05) is 0 Å². The van der Waals surface area contributed by atoms with Crippen molar-refractivity contribution in [2.45, 2.75) is 13.8 Å². The van der Waals surface area contributed by atoms with E-state index in [0.717, 1.165) is 33.5 Å². The molecule has 25 heavy (non-hydrogen) atoms. The molecule has 1 fully saturated rings. The van der Waals surface area contributed by atoms with Crippen molar-refractivity contribution in [1.29, 1.82) is 0 Å². The topological polar surface area (TPSA) is 46.9 Å². The monoisotopic (exact) mass is 365 g/mol. The van der Waals surface area contributed by atoms with Gasteiger partial charge >= 0.3 is 0 Å². The number of hydrogen-bond acceptors (Lipinski definition) is 4. The third-order valence-electron chi connectivity index (χ3n) is 4.24. The van der Waals surface area contributed by atoms with Crippen LogP contribution in [0.1, 0.15) is 17.0 Å². The highest BCUT2D eigenvalue weighted by Crippen LogP contribution is 2.29. The molecule has 1 aromatic carbocycles. The maximum atomic E-state index is 11.9. The first-order valence-corrected chi connectivity index (χ1v) is 9.04. The van der Waals surface area contributed by atoms with Crippen LogP contribution in [0.2, 0.25) is 0 Å². The van der Waals surface area contributed by atoms with Gasteiger partial charge < -0.3 is 9.88 Å². The number of thioether (sulfide) groups is 1. The van der Waals surface area contributed by atoms with E-state index in [1.165, 1.54) is 11.8 Å². The smallest absolute Gasteiger partial charge is 0.263 e. The average Bonchev–Trinajstić information content (AvgIpc) is 3.05. The van der Waals surface area contributed by atoms with Gasteiger partial charge in [-0.3, -0.25) is 9.78 Å². The van der Waals surface area contributed by atoms with Crippen molar-refractivity contribution in [3.63, 3.8) is 0 Å². The van der Waals surface area contributed by atoms with E-state index in [9.17, 15) is 4.79 Å². The van der Waals surface area contributed by atoms with Crippen LogP contribution in [0, 0.1) is 13.8 Å². The number of pyridine rings is 1. The number of nitrogens with zero attached hydrogens (tertiary/aromatic N) is 2. The normalized spacial score (nSPS) is 16.0. The molecule has 0 saturated carbocycles.